The standard InChI is InChI=1S/C14H20N4O2/c15-14(16)18-8-6-10(4-5-13(19)20)11(9-18)12-3-1-2-7-17-12/h1-3,7,10-11H,4-6,8-9H2,(H3,15,16)(H,19,20). The third-order valence-electron chi connectivity index (χ3n) is 3.89. The number of carbonyl (C=O) groups is 1. The van der Waals surface area contributed by atoms with Gasteiger partial charge in [-0.15, -0.1) is 0 Å². The number of nitrogens with one attached hydrogen (secondary N) is 1. The number of nitrogens with two attached hydrogens (primary N) is 1. The van der Waals surface area contributed by atoms with Crippen LogP contribution < -0.4 is 5.73 Å². The number of rotatable bonds is 4. The van der Waals surface area contributed by atoms with Gasteiger partial charge in [0, 0.05) is 37.3 Å². The molecule has 2 unspecified atom stereocenters. The summed E-state index contributed by atoms with van der Waals surface area (Å²) in [6.45, 7) is 1.35. The first kappa shape index (κ1) is 14.3. The zero-order valence-corrected chi connectivity index (χ0v) is 11.3. The smallest absolute Gasteiger partial charge is 0.303 e. The van der Waals surface area contributed by atoms with Gasteiger partial charge in [0.1, 0.15) is 0 Å². The van der Waals surface area contributed by atoms with Crippen LogP contribution >= 0.6 is 0 Å². The van der Waals surface area contributed by atoms with Gasteiger partial charge in [-0.3, -0.25) is 15.2 Å². The lowest BCUT2D eigenvalue weighted by Gasteiger charge is -2.38. The Balaban J connectivity index is 2.14. The van der Waals surface area contributed by atoms with Crippen molar-refractivity contribution in [2.24, 2.45) is 11.7 Å². The molecule has 0 bridgehead atoms. The molecule has 108 valence electrons. The second kappa shape index (κ2) is 6.36. The Bertz CT molecular complexity index is 477. The fourth-order valence-electron chi connectivity index (χ4n) is 2.80. The van der Waals surface area contributed by atoms with E-state index in [1.807, 2.05) is 23.1 Å². The van der Waals surface area contributed by atoms with Gasteiger partial charge in [-0.1, -0.05) is 6.07 Å². The van der Waals surface area contributed by atoms with Crippen LogP contribution in [0.3, 0.4) is 0 Å². The maximum absolute atomic E-state index is 10.8. The number of aliphatic carboxylic acids is 1. The number of guanidine groups is 1. The third kappa shape index (κ3) is 3.46. The monoisotopic (exact) mass is 276 g/mol. The van der Waals surface area contributed by atoms with E-state index in [0.717, 1.165) is 12.1 Å². The number of hydrogen-bond donors (Lipinski definition) is 3. The van der Waals surface area contributed by atoms with E-state index in [9.17, 15) is 4.79 Å². The fourth-order valence-corrected chi connectivity index (χ4v) is 2.80. The topological polar surface area (TPSA) is 103 Å². The van der Waals surface area contributed by atoms with E-state index in [1.165, 1.54) is 0 Å². The summed E-state index contributed by atoms with van der Waals surface area (Å²) in [6.07, 6.45) is 3.40. The van der Waals surface area contributed by atoms with Gasteiger partial charge < -0.3 is 15.7 Å². The second-order valence-corrected chi connectivity index (χ2v) is 5.17. The molecule has 0 aliphatic carbocycles. The molecule has 0 spiro atoms. The van der Waals surface area contributed by atoms with Gasteiger partial charge >= 0.3 is 5.97 Å². The van der Waals surface area contributed by atoms with Crippen molar-refractivity contribution in [3.63, 3.8) is 0 Å². The molecule has 0 radical (unpaired) electrons. The highest BCUT2D eigenvalue weighted by molar-refractivity contribution is 5.74. The average molecular weight is 276 g/mol. The van der Waals surface area contributed by atoms with E-state index >= 15 is 0 Å². The van der Waals surface area contributed by atoms with Crippen LogP contribution in [0.4, 0.5) is 0 Å². The summed E-state index contributed by atoms with van der Waals surface area (Å²) >= 11 is 0. The first-order chi connectivity index (χ1) is 9.58. The van der Waals surface area contributed by atoms with Gasteiger partial charge in [0.2, 0.25) is 0 Å². The maximum atomic E-state index is 10.8. The summed E-state index contributed by atoms with van der Waals surface area (Å²) in [7, 11) is 0. The molecular weight excluding hydrogens is 256 g/mol. The molecule has 1 fully saturated rings. The van der Waals surface area contributed by atoms with Crippen LogP contribution in [-0.2, 0) is 4.79 Å². The predicted molar refractivity (Wildman–Crippen MR) is 75.4 cm³/mol. The van der Waals surface area contributed by atoms with E-state index in [1.54, 1.807) is 6.20 Å². The van der Waals surface area contributed by atoms with Crippen molar-refractivity contribution >= 4 is 11.9 Å². The molecule has 2 rings (SSSR count). The van der Waals surface area contributed by atoms with E-state index in [-0.39, 0.29) is 24.2 Å². The second-order valence-electron chi connectivity index (χ2n) is 5.17. The van der Waals surface area contributed by atoms with Crippen LogP contribution in [0.1, 0.15) is 30.9 Å². The van der Waals surface area contributed by atoms with Crippen molar-refractivity contribution in [3.8, 4) is 0 Å². The molecular formula is C14H20N4O2. The van der Waals surface area contributed by atoms with Gasteiger partial charge in [0.05, 0.1) is 0 Å². The van der Waals surface area contributed by atoms with Gasteiger partial charge in [0.25, 0.3) is 0 Å². The summed E-state index contributed by atoms with van der Waals surface area (Å²) in [5.74, 6) is -0.286. The van der Waals surface area contributed by atoms with Gasteiger partial charge in [0.15, 0.2) is 5.96 Å². The number of piperidine rings is 1. The summed E-state index contributed by atoms with van der Waals surface area (Å²) in [5.41, 5.74) is 6.52. The quantitative estimate of drug-likeness (QED) is 0.567. The highest BCUT2D eigenvalue weighted by Crippen LogP contribution is 2.34. The van der Waals surface area contributed by atoms with Crippen molar-refractivity contribution in [2.45, 2.75) is 25.2 Å². The first-order valence-corrected chi connectivity index (χ1v) is 6.79. The van der Waals surface area contributed by atoms with Crippen LogP contribution in [0, 0.1) is 11.3 Å². The van der Waals surface area contributed by atoms with E-state index in [4.69, 9.17) is 16.2 Å². The Hall–Kier alpha value is -2.11. The molecule has 6 heteroatoms. The predicted octanol–water partition coefficient (Wildman–Crippen LogP) is 1.25. The molecule has 4 N–H and O–H groups in total. The number of aromatic nitrogens is 1. The Morgan fingerprint density at radius 1 is 1.55 bits per heavy atom. The van der Waals surface area contributed by atoms with E-state index in [0.29, 0.717) is 19.5 Å². The van der Waals surface area contributed by atoms with Crippen molar-refractivity contribution in [2.75, 3.05) is 13.1 Å². The zero-order chi connectivity index (χ0) is 14.5. The van der Waals surface area contributed by atoms with Crippen molar-refractivity contribution in [1.29, 1.82) is 5.41 Å². The number of nitrogens with zero attached hydrogens (tertiary/aromatic N) is 2. The molecule has 0 aromatic carbocycles. The number of carboxylic acids is 1. The van der Waals surface area contributed by atoms with Crippen molar-refractivity contribution in [1.82, 2.24) is 9.88 Å². The molecule has 0 saturated carbocycles. The average Bonchev–Trinajstić information content (AvgIpc) is 2.45. The molecule has 2 atom stereocenters. The molecule has 1 aliphatic rings. The Kier molecular flexibility index (Phi) is 4.55. The Morgan fingerprint density at radius 3 is 2.95 bits per heavy atom. The number of hydrogen-bond acceptors (Lipinski definition) is 3. The van der Waals surface area contributed by atoms with E-state index in [2.05, 4.69) is 4.98 Å². The number of pyridine rings is 1. The minimum Gasteiger partial charge on any atom is -0.481 e. The number of carboxylic acid groups (broad SMARTS) is 1. The molecule has 2 heterocycles. The van der Waals surface area contributed by atoms with Gasteiger partial charge in [-0.25, -0.2) is 0 Å². The van der Waals surface area contributed by atoms with Crippen molar-refractivity contribution in [3.05, 3.63) is 30.1 Å². The van der Waals surface area contributed by atoms with Crippen LogP contribution in [0.2, 0.25) is 0 Å². The Labute approximate surface area is 118 Å². The summed E-state index contributed by atoms with van der Waals surface area (Å²) < 4.78 is 0. The fraction of sp³-hybridized carbons (Fsp3) is 0.500. The highest BCUT2D eigenvalue weighted by atomic mass is 16.4. The van der Waals surface area contributed by atoms with Crippen LogP contribution in [0.5, 0.6) is 0 Å². The minimum atomic E-state index is -0.765. The lowest BCUT2D eigenvalue weighted by Crippen LogP contribution is -2.46. The molecule has 1 aromatic heterocycles. The Morgan fingerprint density at radius 2 is 2.35 bits per heavy atom. The van der Waals surface area contributed by atoms with Gasteiger partial charge in [-0.2, -0.15) is 0 Å². The first-order valence-electron chi connectivity index (χ1n) is 6.79. The number of likely N-dealkylation sites (tertiary alicyclic amines) is 1. The highest BCUT2D eigenvalue weighted by Gasteiger charge is 2.31. The SMILES string of the molecule is N=C(N)N1CCC(CCC(=O)O)C(c2ccccn2)C1. The van der Waals surface area contributed by atoms with Crippen LogP contribution in [0.25, 0.3) is 0 Å². The molecule has 1 aromatic rings. The molecule has 0 amide bonds. The van der Waals surface area contributed by atoms with Crippen LogP contribution in [-0.4, -0.2) is 40.0 Å². The largest absolute Gasteiger partial charge is 0.481 e. The summed E-state index contributed by atoms with van der Waals surface area (Å²) in [6, 6.07) is 5.76. The minimum absolute atomic E-state index is 0.0719. The zero-order valence-electron chi connectivity index (χ0n) is 11.3. The van der Waals surface area contributed by atoms with Crippen molar-refractivity contribution < 1.29 is 9.90 Å². The lowest BCUT2D eigenvalue weighted by atomic mass is 9.80. The normalized spacial score (nSPS) is 22.5. The maximum Gasteiger partial charge on any atom is 0.303 e. The van der Waals surface area contributed by atoms with E-state index < -0.39 is 5.97 Å². The summed E-state index contributed by atoms with van der Waals surface area (Å²) in [5, 5.41) is 16.4. The van der Waals surface area contributed by atoms with Gasteiger partial charge in [-0.05, 0) is 30.9 Å². The third-order valence-corrected chi connectivity index (χ3v) is 3.89. The lowest BCUT2D eigenvalue weighted by molar-refractivity contribution is -0.137. The summed E-state index contributed by atoms with van der Waals surface area (Å²) in [4.78, 5) is 17.0. The molecule has 1 saturated heterocycles. The molecule has 20 heavy (non-hydrogen) atoms. The molecule has 6 nitrogen and oxygen atoms in total. The van der Waals surface area contributed by atoms with Crippen LogP contribution in [0.15, 0.2) is 24.4 Å². The molecule has 1 aliphatic heterocycles.